The molecule has 2 heterocycles. The van der Waals surface area contributed by atoms with Crippen LogP contribution in [-0.2, 0) is 0 Å². The summed E-state index contributed by atoms with van der Waals surface area (Å²) in [5.41, 5.74) is 7.71. The molecule has 160 valence electrons. The Morgan fingerprint density at radius 1 is 1.06 bits per heavy atom. The van der Waals surface area contributed by atoms with Gasteiger partial charge in [-0.05, 0) is 49.9 Å². The van der Waals surface area contributed by atoms with E-state index in [1.807, 2.05) is 18.2 Å². The normalized spacial score (nSPS) is 16.8. The van der Waals surface area contributed by atoms with Gasteiger partial charge < -0.3 is 15.8 Å². The second kappa shape index (κ2) is 8.41. The van der Waals surface area contributed by atoms with E-state index < -0.39 is 5.91 Å². The van der Waals surface area contributed by atoms with E-state index in [1.54, 1.807) is 24.4 Å². The fourth-order valence-corrected chi connectivity index (χ4v) is 4.20. The van der Waals surface area contributed by atoms with Gasteiger partial charge in [0.05, 0.1) is 11.7 Å². The monoisotopic (exact) mass is 417 g/mol. The van der Waals surface area contributed by atoms with E-state index in [9.17, 15) is 4.79 Å². The summed E-state index contributed by atoms with van der Waals surface area (Å²) < 4.78 is 8.42. The summed E-state index contributed by atoms with van der Waals surface area (Å²) in [6, 6.07) is 13.3. The standard InChI is InChI=1S/C24H27N5O2/c25-24(30)17-5-4-6-18(13-17)27-22-14-20(11-12-26-22)31-23-15-21(16-9-10-16)28-29(23)19-7-2-1-3-8-19/h4-6,11-16,19H,1-3,7-10H2,(H2,25,30)(H,26,27). The summed E-state index contributed by atoms with van der Waals surface area (Å²) in [5, 5.41) is 8.14. The highest BCUT2D eigenvalue weighted by molar-refractivity contribution is 5.93. The van der Waals surface area contributed by atoms with Crippen molar-refractivity contribution in [1.29, 1.82) is 0 Å². The lowest BCUT2D eigenvalue weighted by atomic mass is 9.96. The van der Waals surface area contributed by atoms with E-state index in [4.69, 9.17) is 15.6 Å². The molecular formula is C24H27N5O2. The van der Waals surface area contributed by atoms with Crippen LogP contribution in [0.15, 0.2) is 48.7 Å². The minimum Gasteiger partial charge on any atom is -0.439 e. The first-order valence-electron chi connectivity index (χ1n) is 11.1. The Hall–Kier alpha value is -3.35. The van der Waals surface area contributed by atoms with Crippen molar-refractivity contribution in [3.63, 3.8) is 0 Å². The Balaban J connectivity index is 1.37. The second-order valence-electron chi connectivity index (χ2n) is 8.47. The Labute approximate surface area is 181 Å². The van der Waals surface area contributed by atoms with E-state index >= 15 is 0 Å². The molecule has 0 spiro atoms. The van der Waals surface area contributed by atoms with E-state index in [1.165, 1.54) is 32.1 Å². The van der Waals surface area contributed by atoms with Crippen LogP contribution in [0.1, 0.15) is 73.0 Å². The van der Waals surface area contributed by atoms with Crippen molar-refractivity contribution >= 4 is 17.4 Å². The number of primary amides is 1. The van der Waals surface area contributed by atoms with Gasteiger partial charge in [0.15, 0.2) is 0 Å². The van der Waals surface area contributed by atoms with Crippen LogP contribution < -0.4 is 15.8 Å². The molecule has 7 nitrogen and oxygen atoms in total. The van der Waals surface area contributed by atoms with E-state index in [0.717, 1.165) is 30.1 Å². The lowest BCUT2D eigenvalue weighted by molar-refractivity contribution is 0.100. The molecule has 2 aromatic heterocycles. The molecule has 0 radical (unpaired) electrons. The molecule has 7 heteroatoms. The molecule has 1 aromatic carbocycles. The summed E-state index contributed by atoms with van der Waals surface area (Å²) in [4.78, 5) is 15.8. The highest BCUT2D eigenvalue weighted by Gasteiger charge is 2.30. The van der Waals surface area contributed by atoms with Gasteiger partial charge in [-0.1, -0.05) is 25.3 Å². The van der Waals surface area contributed by atoms with Crippen LogP contribution in [0.25, 0.3) is 0 Å². The molecule has 5 rings (SSSR count). The fourth-order valence-electron chi connectivity index (χ4n) is 4.20. The number of pyridine rings is 1. The third kappa shape index (κ3) is 4.55. The minimum absolute atomic E-state index is 0.409. The summed E-state index contributed by atoms with van der Waals surface area (Å²) in [6.07, 6.45) is 10.2. The van der Waals surface area contributed by atoms with Gasteiger partial charge in [0, 0.05) is 35.5 Å². The number of hydrogen-bond acceptors (Lipinski definition) is 5. The number of nitrogens with zero attached hydrogens (tertiary/aromatic N) is 3. The zero-order valence-corrected chi connectivity index (χ0v) is 17.5. The molecule has 0 saturated heterocycles. The molecule has 0 bridgehead atoms. The highest BCUT2D eigenvalue weighted by atomic mass is 16.5. The topological polar surface area (TPSA) is 95.1 Å². The Morgan fingerprint density at radius 3 is 2.68 bits per heavy atom. The van der Waals surface area contributed by atoms with Crippen LogP contribution in [0.3, 0.4) is 0 Å². The van der Waals surface area contributed by atoms with Gasteiger partial charge in [-0.15, -0.1) is 0 Å². The van der Waals surface area contributed by atoms with Crippen LogP contribution in [0.4, 0.5) is 11.5 Å². The molecule has 2 saturated carbocycles. The maximum atomic E-state index is 11.4. The number of hydrogen-bond donors (Lipinski definition) is 2. The Morgan fingerprint density at radius 2 is 1.90 bits per heavy atom. The van der Waals surface area contributed by atoms with E-state index in [2.05, 4.69) is 21.0 Å². The maximum Gasteiger partial charge on any atom is 0.248 e. The van der Waals surface area contributed by atoms with Crippen LogP contribution in [0, 0.1) is 0 Å². The third-order valence-corrected chi connectivity index (χ3v) is 6.01. The molecule has 0 unspecified atom stereocenters. The summed E-state index contributed by atoms with van der Waals surface area (Å²) in [7, 11) is 0. The van der Waals surface area contributed by atoms with E-state index in [-0.39, 0.29) is 0 Å². The number of carbonyl (C=O) groups excluding carboxylic acids is 1. The van der Waals surface area contributed by atoms with Crippen LogP contribution in [0.5, 0.6) is 11.6 Å². The van der Waals surface area contributed by atoms with E-state index in [0.29, 0.717) is 29.1 Å². The summed E-state index contributed by atoms with van der Waals surface area (Å²) >= 11 is 0. The number of aromatic nitrogens is 3. The smallest absolute Gasteiger partial charge is 0.248 e. The van der Waals surface area contributed by atoms with Crippen molar-refractivity contribution in [2.24, 2.45) is 5.73 Å². The van der Waals surface area contributed by atoms with Crippen LogP contribution >= 0.6 is 0 Å². The molecule has 2 aliphatic rings. The van der Waals surface area contributed by atoms with Crippen molar-refractivity contribution in [3.8, 4) is 11.6 Å². The number of benzene rings is 1. The van der Waals surface area contributed by atoms with Crippen molar-refractivity contribution in [2.75, 3.05) is 5.32 Å². The lowest BCUT2D eigenvalue weighted by Crippen LogP contribution is -2.15. The molecule has 31 heavy (non-hydrogen) atoms. The first kappa shape index (κ1) is 19.6. The molecule has 1 amide bonds. The summed E-state index contributed by atoms with van der Waals surface area (Å²) in [5.74, 6) is 2.25. The van der Waals surface area contributed by atoms with Gasteiger partial charge in [-0.3, -0.25) is 4.79 Å². The quantitative estimate of drug-likeness (QED) is 0.544. The van der Waals surface area contributed by atoms with Gasteiger partial charge in [-0.2, -0.15) is 5.10 Å². The van der Waals surface area contributed by atoms with Gasteiger partial charge in [0.1, 0.15) is 11.6 Å². The first-order chi connectivity index (χ1) is 15.2. The van der Waals surface area contributed by atoms with Crippen molar-refractivity contribution in [2.45, 2.75) is 56.9 Å². The zero-order valence-electron chi connectivity index (χ0n) is 17.5. The van der Waals surface area contributed by atoms with Gasteiger partial charge in [0.2, 0.25) is 11.8 Å². The number of carbonyl (C=O) groups is 1. The molecule has 0 aliphatic heterocycles. The molecule has 2 aliphatic carbocycles. The Bertz CT molecular complexity index is 1080. The maximum absolute atomic E-state index is 11.4. The number of ether oxygens (including phenoxy) is 1. The van der Waals surface area contributed by atoms with Gasteiger partial charge >= 0.3 is 0 Å². The minimum atomic E-state index is -0.462. The number of nitrogens with one attached hydrogen (secondary N) is 1. The number of amides is 1. The zero-order chi connectivity index (χ0) is 21.2. The summed E-state index contributed by atoms with van der Waals surface area (Å²) in [6.45, 7) is 0. The lowest BCUT2D eigenvalue weighted by Gasteiger charge is -2.23. The van der Waals surface area contributed by atoms with Crippen LogP contribution in [0.2, 0.25) is 0 Å². The molecular weight excluding hydrogens is 390 g/mol. The average molecular weight is 418 g/mol. The number of nitrogens with two attached hydrogens (primary N) is 1. The molecule has 2 fully saturated rings. The van der Waals surface area contributed by atoms with Gasteiger partial charge in [0.25, 0.3) is 0 Å². The van der Waals surface area contributed by atoms with Crippen molar-refractivity contribution in [1.82, 2.24) is 14.8 Å². The second-order valence-corrected chi connectivity index (χ2v) is 8.47. The molecule has 3 aromatic rings. The molecule has 3 N–H and O–H groups in total. The molecule has 0 atom stereocenters. The van der Waals surface area contributed by atoms with Gasteiger partial charge in [-0.25, -0.2) is 9.67 Å². The fraction of sp³-hybridized carbons (Fsp3) is 0.375. The Kier molecular flexibility index (Phi) is 5.32. The first-order valence-corrected chi connectivity index (χ1v) is 11.1. The van der Waals surface area contributed by atoms with Crippen molar-refractivity contribution in [3.05, 3.63) is 59.9 Å². The largest absolute Gasteiger partial charge is 0.439 e. The predicted octanol–water partition coefficient (Wildman–Crippen LogP) is 5.30. The number of anilines is 2. The number of rotatable bonds is 7. The van der Waals surface area contributed by atoms with Crippen molar-refractivity contribution < 1.29 is 9.53 Å². The SMILES string of the molecule is NC(=O)c1cccc(Nc2cc(Oc3cc(C4CC4)nn3C3CCCCC3)ccn2)c1. The average Bonchev–Trinajstić information content (AvgIpc) is 3.55. The van der Waals surface area contributed by atoms with Crippen LogP contribution in [-0.4, -0.2) is 20.7 Å². The highest BCUT2D eigenvalue weighted by Crippen LogP contribution is 2.42. The third-order valence-electron chi connectivity index (χ3n) is 6.01. The predicted molar refractivity (Wildman–Crippen MR) is 119 cm³/mol.